The van der Waals surface area contributed by atoms with Crippen LogP contribution in [-0.4, -0.2) is 15.0 Å². The van der Waals surface area contributed by atoms with Crippen LogP contribution in [-0.2, 0) is 0 Å². The van der Waals surface area contributed by atoms with Gasteiger partial charge in [-0.3, -0.25) is 0 Å². The zero-order valence-corrected chi connectivity index (χ0v) is 8.20. The highest BCUT2D eigenvalue weighted by Crippen LogP contribution is 2.57. The van der Waals surface area contributed by atoms with Crippen molar-refractivity contribution < 1.29 is 0 Å². The quantitative estimate of drug-likeness (QED) is 0.703. The maximum atomic E-state index is 5.55. The van der Waals surface area contributed by atoms with E-state index < -0.39 is 0 Å². The topological polar surface area (TPSA) is 64.7 Å². The smallest absolute Gasteiger partial charge is 0.223 e. The minimum Gasteiger partial charge on any atom is -0.368 e. The van der Waals surface area contributed by atoms with E-state index in [9.17, 15) is 0 Å². The molecule has 1 unspecified atom stereocenters. The van der Waals surface area contributed by atoms with Gasteiger partial charge in [0.05, 0.1) is 0 Å². The van der Waals surface area contributed by atoms with Gasteiger partial charge in [0, 0.05) is 5.92 Å². The first-order valence-corrected chi connectivity index (χ1v) is 4.47. The van der Waals surface area contributed by atoms with Crippen LogP contribution in [0.1, 0.15) is 37.8 Å². The Hall–Kier alpha value is -1.19. The first kappa shape index (κ1) is 8.41. The average Bonchev–Trinajstić information content (AvgIpc) is 2.57. The third-order valence-electron chi connectivity index (χ3n) is 2.61. The van der Waals surface area contributed by atoms with Crippen LogP contribution in [0.4, 0.5) is 5.95 Å². The highest BCUT2D eigenvalue weighted by atomic mass is 15.1. The minimum atomic E-state index is 0.338. The van der Waals surface area contributed by atoms with Gasteiger partial charge in [0.2, 0.25) is 5.95 Å². The van der Waals surface area contributed by atoms with Gasteiger partial charge < -0.3 is 5.73 Å². The summed E-state index contributed by atoms with van der Waals surface area (Å²) in [7, 11) is 0. The van der Waals surface area contributed by atoms with Crippen LogP contribution in [0.2, 0.25) is 0 Å². The van der Waals surface area contributed by atoms with Crippen molar-refractivity contribution in [3.63, 3.8) is 0 Å². The Morgan fingerprint density at radius 3 is 2.38 bits per heavy atom. The monoisotopic (exact) mass is 178 g/mol. The Bertz CT molecular complexity index is 325. The normalized spacial score (nSPS) is 24.4. The standard InChI is InChI=1S/C9H14N4/c1-5-11-7(13-8(10)12-5)6-4-9(6,2)3/h6H,4H2,1-3H3,(H2,10,11,12,13). The lowest BCUT2D eigenvalue weighted by Gasteiger charge is -2.03. The van der Waals surface area contributed by atoms with Crippen molar-refractivity contribution in [2.45, 2.75) is 33.1 Å². The molecule has 0 aromatic carbocycles. The zero-order chi connectivity index (χ0) is 9.64. The Morgan fingerprint density at radius 2 is 1.92 bits per heavy atom. The number of rotatable bonds is 1. The number of hydrogen-bond donors (Lipinski definition) is 1. The molecule has 1 saturated carbocycles. The van der Waals surface area contributed by atoms with Gasteiger partial charge in [-0.2, -0.15) is 9.97 Å². The van der Waals surface area contributed by atoms with Crippen LogP contribution < -0.4 is 5.73 Å². The van der Waals surface area contributed by atoms with Crippen molar-refractivity contribution in [3.05, 3.63) is 11.6 Å². The number of aryl methyl sites for hydroxylation is 1. The SMILES string of the molecule is Cc1nc(N)nc(C2CC2(C)C)n1. The predicted octanol–water partition coefficient (Wildman–Crippen LogP) is 1.28. The maximum absolute atomic E-state index is 5.55. The summed E-state index contributed by atoms with van der Waals surface area (Å²) in [5, 5.41) is 0. The van der Waals surface area contributed by atoms with Gasteiger partial charge in [-0.15, -0.1) is 0 Å². The van der Waals surface area contributed by atoms with E-state index in [1.165, 1.54) is 0 Å². The van der Waals surface area contributed by atoms with E-state index >= 15 is 0 Å². The van der Waals surface area contributed by atoms with Crippen molar-refractivity contribution in [3.8, 4) is 0 Å². The molecule has 0 saturated heterocycles. The lowest BCUT2D eigenvalue weighted by molar-refractivity contribution is 0.606. The molecule has 0 amide bonds. The molecule has 1 atom stereocenters. The summed E-state index contributed by atoms with van der Waals surface area (Å²) in [6.45, 7) is 6.27. The second kappa shape index (κ2) is 2.40. The highest BCUT2D eigenvalue weighted by Gasteiger charge is 2.48. The molecule has 4 nitrogen and oxygen atoms in total. The fourth-order valence-electron chi connectivity index (χ4n) is 1.59. The van der Waals surface area contributed by atoms with Crippen molar-refractivity contribution >= 4 is 5.95 Å². The largest absolute Gasteiger partial charge is 0.368 e. The van der Waals surface area contributed by atoms with Crippen LogP contribution in [0.5, 0.6) is 0 Å². The molecule has 0 bridgehead atoms. The molecule has 0 aliphatic heterocycles. The molecule has 0 radical (unpaired) electrons. The Labute approximate surface area is 77.6 Å². The molecule has 13 heavy (non-hydrogen) atoms. The summed E-state index contributed by atoms with van der Waals surface area (Å²) in [6.07, 6.45) is 1.15. The van der Waals surface area contributed by atoms with Gasteiger partial charge in [-0.05, 0) is 18.8 Å². The summed E-state index contributed by atoms with van der Waals surface area (Å²) >= 11 is 0. The average molecular weight is 178 g/mol. The van der Waals surface area contributed by atoms with Gasteiger partial charge >= 0.3 is 0 Å². The van der Waals surface area contributed by atoms with Gasteiger partial charge in [-0.1, -0.05) is 13.8 Å². The van der Waals surface area contributed by atoms with E-state index in [0.29, 0.717) is 23.1 Å². The maximum Gasteiger partial charge on any atom is 0.223 e. The first-order chi connectivity index (χ1) is 5.99. The number of anilines is 1. The van der Waals surface area contributed by atoms with E-state index in [0.717, 1.165) is 12.2 Å². The van der Waals surface area contributed by atoms with E-state index in [4.69, 9.17) is 5.73 Å². The van der Waals surface area contributed by atoms with Crippen molar-refractivity contribution in [2.75, 3.05) is 5.73 Å². The molecule has 0 spiro atoms. The Balaban J connectivity index is 2.32. The Kier molecular flexibility index (Phi) is 1.55. The van der Waals surface area contributed by atoms with Crippen molar-refractivity contribution in [1.82, 2.24) is 15.0 Å². The predicted molar refractivity (Wildman–Crippen MR) is 50.1 cm³/mol. The van der Waals surface area contributed by atoms with E-state index in [-0.39, 0.29) is 0 Å². The molecule has 4 heteroatoms. The van der Waals surface area contributed by atoms with Crippen molar-refractivity contribution in [1.29, 1.82) is 0 Å². The molecule has 1 aromatic heterocycles. The molecule has 1 aromatic rings. The number of nitrogens with zero attached hydrogens (tertiary/aromatic N) is 3. The lowest BCUT2D eigenvalue weighted by Crippen LogP contribution is -2.05. The van der Waals surface area contributed by atoms with E-state index in [1.807, 2.05) is 6.92 Å². The molecule has 1 fully saturated rings. The van der Waals surface area contributed by atoms with Gasteiger partial charge in [0.25, 0.3) is 0 Å². The highest BCUT2D eigenvalue weighted by molar-refractivity contribution is 5.22. The van der Waals surface area contributed by atoms with Crippen LogP contribution >= 0.6 is 0 Å². The van der Waals surface area contributed by atoms with Crippen LogP contribution in [0, 0.1) is 12.3 Å². The summed E-state index contributed by atoms with van der Waals surface area (Å²) in [4.78, 5) is 12.4. The number of aromatic nitrogens is 3. The summed E-state index contributed by atoms with van der Waals surface area (Å²) < 4.78 is 0. The van der Waals surface area contributed by atoms with Gasteiger partial charge in [0.15, 0.2) is 0 Å². The number of nitrogen functional groups attached to an aromatic ring is 1. The summed E-state index contributed by atoms with van der Waals surface area (Å²) in [5.41, 5.74) is 5.90. The molecule has 2 N–H and O–H groups in total. The fourth-order valence-corrected chi connectivity index (χ4v) is 1.59. The Morgan fingerprint density at radius 1 is 1.31 bits per heavy atom. The summed E-state index contributed by atoms with van der Waals surface area (Å²) in [6, 6.07) is 0. The van der Waals surface area contributed by atoms with Crippen LogP contribution in [0.15, 0.2) is 0 Å². The third-order valence-corrected chi connectivity index (χ3v) is 2.61. The molecular weight excluding hydrogens is 164 g/mol. The van der Waals surface area contributed by atoms with E-state index in [1.54, 1.807) is 0 Å². The zero-order valence-electron chi connectivity index (χ0n) is 8.20. The molecular formula is C9H14N4. The molecule has 1 aliphatic rings. The van der Waals surface area contributed by atoms with E-state index in [2.05, 4.69) is 28.8 Å². The third kappa shape index (κ3) is 1.48. The second-order valence-corrected chi connectivity index (χ2v) is 4.34. The molecule has 2 rings (SSSR count). The minimum absolute atomic E-state index is 0.338. The van der Waals surface area contributed by atoms with Gasteiger partial charge in [-0.25, -0.2) is 4.98 Å². The van der Waals surface area contributed by atoms with Crippen LogP contribution in [0.3, 0.4) is 0 Å². The molecule has 70 valence electrons. The van der Waals surface area contributed by atoms with Gasteiger partial charge in [0.1, 0.15) is 11.6 Å². The fraction of sp³-hybridized carbons (Fsp3) is 0.667. The molecule has 1 heterocycles. The molecule has 1 aliphatic carbocycles. The summed E-state index contributed by atoms with van der Waals surface area (Å²) in [5.74, 6) is 2.38. The number of nitrogens with two attached hydrogens (primary N) is 1. The number of hydrogen-bond acceptors (Lipinski definition) is 4. The lowest BCUT2D eigenvalue weighted by atomic mass is 10.1. The van der Waals surface area contributed by atoms with Crippen LogP contribution in [0.25, 0.3) is 0 Å². The first-order valence-electron chi connectivity index (χ1n) is 4.47. The second-order valence-electron chi connectivity index (χ2n) is 4.34. The van der Waals surface area contributed by atoms with Crippen molar-refractivity contribution in [2.24, 2.45) is 5.41 Å².